The number of nitrogens with zero attached hydrogens (tertiary/aromatic N) is 2. The molecule has 0 N–H and O–H groups in total. The van der Waals surface area contributed by atoms with E-state index in [9.17, 15) is 18.0 Å². The summed E-state index contributed by atoms with van der Waals surface area (Å²) in [5.74, 6) is 0. The van der Waals surface area contributed by atoms with E-state index in [0.29, 0.717) is 13.1 Å². The summed E-state index contributed by atoms with van der Waals surface area (Å²) in [6, 6.07) is 4.21. The van der Waals surface area contributed by atoms with E-state index in [2.05, 4.69) is 0 Å². The van der Waals surface area contributed by atoms with Crippen LogP contribution in [0.3, 0.4) is 0 Å². The monoisotopic (exact) mass is 260 g/mol. The fraction of sp³-hybridized carbons (Fsp3) is 0.364. The van der Waals surface area contributed by atoms with E-state index in [-0.39, 0.29) is 5.69 Å². The lowest BCUT2D eigenvalue weighted by Crippen LogP contribution is -2.31. The van der Waals surface area contributed by atoms with Crippen LogP contribution in [0.25, 0.3) is 0 Å². The second-order valence-electron chi connectivity index (χ2n) is 3.77. The highest BCUT2D eigenvalue weighted by atomic mass is 19.4. The van der Waals surface area contributed by atoms with Gasteiger partial charge < -0.3 is 0 Å². The van der Waals surface area contributed by atoms with E-state index < -0.39 is 17.8 Å². The second-order valence-corrected chi connectivity index (χ2v) is 3.77. The van der Waals surface area contributed by atoms with Crippen molar-refractivity contribution >= 4 is 11.7 Å². The largest absolute Gasteiger partial charge is 0.416 e. The SMILES string of the molecule is CON1CCN(c2cccc(C(F)(F)F)c2)C1=O. The molecule has 0 aliphatic carbocycles. The second kappa shape index (κ2) is 4.49. The van der Waals surface area contributed by atoms with Crippen molar-refractivity contribution in [3.8, 4) is 0 Å². The molecular formula is C11H11F3N2O2. The van der Waals surface area contributed by atoms with Crippen molar-refractivity contribution in [3.05, 3.63) is 29.8 Å². The quantitative estimate of drug-likeness (QED) is 0.818. The number of rotatable bonds is 2. The van der Waals surface area contributed by atoms with Crippen LogP contribution in [-0.4, -0.2) is 31.3 Å². The van der Waals surface area contributed by atoms with Gasteiger partial charge in [-0.3, -0.25) is 9.74 Å². The molecule has 1 fully saturated rings. The van der Waals surface area contributed by atoms with E-state index in [4.69, 9.17) is 4.84 Å². The predicted octanol–water partition coefficient (Wildman–Crippen LogP) is 2.51. The molecule has 2 rings (SSSR count). The van der Waals surface area contributed by atoms with Crippen LogP contribution in [-0.2, 0) is 11.0 Å². The first-order valence-corrected chi connectivity index (χ1v) is 5.24. The molecule has 1 aromatic carbocycles. The van der Waals surface area contributed by atoms with Crippen LogP contribution >= 0.6 is 0 Å². The molecule has 4 nitrogen and oxygen atoms in total. The Morgan fingerprint density at radius 1 is 1.28 bits per heavy atom. The number of benzene rings is 1. The molecular weight excluding hydrogens is 249 g/mol. The van der Waals surface area contributed by atoms with Crippen molar-refractivity contribution in [2.45, 2.75) is 6.18 Å². The summed E-state index contributed by atoms with van der Waals surface area (Å²) >= 11 is 0. The van der Waals surface area contributed by atoms with E-state index in [1.165, 1.54) is 24.1 Å². The van der Waals surface area contributed by atoms with Crippen LogP contribution < -0.4 is 4.90 Å². The van der Waals surface area contributed by atoms with Gasteiger partial charge in [-0.25, -0.2) is 9.86 Å². The van der Waals surface area contributed by atoms with E-state index in [1.54, 1.807) is 0 Å². The Balaban J connectivity index is 2.27. The fourth-order valence-corrected chi connectivity index (χ4v) is 1.78. The van der Waals surface area contributed by atoms with Crippen LogP contribution in [0.4, 0.5) is 23.7 Å². The molecule has 0 bridgehead atoms. The Morgan fingerprint density at radius 3 is 2.56 bits per heavy atom. The summed E-state index contributed by atoms with van der Waals surface area (Å²) in [7, 11) is 1.34. The number of urea groups is 1. The minimum Gasteiger partial charge on any atom is -0.291 e. The maximum absolute atomic E-state index is 12.6. The van der Waals surface area contributed by atoms with Crippen molar-refractivity contribution in [1.82, 2.24) is 5.06 Å². The molecule has 1 aliphatic rings. The Hall–Kier alpha value is -1.76. The number of halogens is 3. The summed E-state index contributed by atoms with van der Waals surface area (Å²) in [5, 5.41) is 1.10. The first kappa shape index (κ1) is 12.7. The smallest absolute Gasteiger partial charge is 0.291 e. The number of carbonyl (C=O) groups is 1. The average Bonchev–Trinajstić information content (AvgIpc) is 2.69. The lowest BCUT2D eigenvalue weighted by atomic mass is 10.2. The molecule has 2 amide bonds. The normalized spacial score (nSPS) is 16.6. The molecule has 1 saturated heterocycles. The van der Waals surface area contributed by atoms with E-state index in [1.807, 2.05) is 0 Å². The molecule has 7 heteroatoms. The van der Waals surface area contributed by atoms with Crippen LogP contribution in [0, 0.1) is 0 Å². The standard InChI is InChI=1S/C11H11F3N2O2/c1-18-16-6-5-15(10(16)17)9-4-2-3-8(7-9)11(12,13)14/h2-4,7H,5-6H2,1H3. The van der Waals surface area contributed by atoms with Crippen LogP contribution in [0.2, 0.25) is 0 Å². The summed E-state index contributed by atoms with van der Waals surface area (Å²) in [4.78, 5) is 17.8. The van der Waals surface area contributed by atoms with Gasteiger partial charge in [-0.2, -0.15) is 13.2 Å². The van der Waals surface area contributed by atoms with E-state index >= 15 is 0 Å². The van der Waals surface area contributed by atoms with Gasteiger partial charge in [0.1, 0.15) is 0 Å². The van der Waals surface area contributed by atoms with Gasteiger partial charge in [0.05, 0.1) is 19.2 Å². The topological polar surface area (TPSA) is 32.8 Å². The first-order valence-electron chi connectivity index (χ1n) is 5.24. The minimum absolute atomic E-state index is 0.217. The summed E-state index contributed by atoms with van der Waals surface area (Å²) in [6.45, 7) is 0.625. The molecule has 0 unspecified atom stereocenters. The fourth-order valence-electron chi connectivity index (χ4n) is 1.78. The highest BCUT2D eigenvalue weighted by Crippen LogP contribution is 2.32. The molecule has 0 atom stereocenters. The number of anilines is 1. The van der Waals surface area contributed by atoms with Crippen molar-refractivity contribution in [2.24, 2.45) is 0 Å². The summed E-state index contributed by atoms with van der Waals surface area (Å²) < 4.78 is 37.7. The van der Waals surface area contributed by atoms with Gasteiger partial charge in [0.15, 0.2) is 0 Å². The van der Waals surface area contributed by atoms with Crippen LogP contribution in [0.15, 0.2) is 24.3 Å². The average molecular weight is 260 g/mol. The summed E-state index contributed by atoms with van der Waals surface area (Å²) in [5.41, 5.74) is -0.557. The number of hydrogen-bond acceptors (Lipinski definition) is 2. The van der Waals surface area contributed by atoms with Gasteiger partial charge in [0, 0.05) is 12.2 Å². The molecule has 98 valence electrons. The van der Waals surface area contributed by atoms with Crippen molar-refractivity contribution in [3.63, 3.8) is 0 Å². The molecule has 0 saturated carbocycles. The van der Waals surface area contributed by atoms with Crippen molar-refractivity contribution in [1.29, 1.82) is 0 Å². The van der Waals surface area contributed by atoms with E-state index in [0.717, 1.165) is 17.2 Å². The number of hydrogen-bond donors (Lipinski definition) is 0. The number of hydroxylamine groups is 2. The first-order chi connectivity index (χ1) is 8.43. The Labute approximate surface area is 101 Å². The van der Waals surface area contributed by atoms with Crippen molar-refractivity contribution < 1.29 is 22.8 Å². The molecule has 1 aliphatic heterocycles. The highest BCUT2D eigenvalue weighted by molar-refractivity contribution is 5.93. The van der Waals surface area contributed by atoms with Gasteiger partial charge in [-0.15, -0.1) is 0 Å². The third kappa shape index (κ3) is 2.26. The lowest BCUT2D eigenvalue weighted by molar-refractivity contribution is -0.137. The van der Waals surface area contributed by atoms with Crippen LogP contribution in [0.1, 0.15) is 5.56 Å². The Morgan fingerprint density at radius 2 is 2.00 bits per heavy atom. The molecule has 0 radical (unpaired) electrons. The summed E-state index contributed by atoms with van der Waals surface area (Å²) in [6.07, 6.45) is -4.42. The van der Waals surface area contributed by atoms with Gasteiger partial charge in [0.25, 0.3) is 0 Å². The third-order valence-corrected chi connectivity index (χ3v) is 2.68. The van der Waals surface area contributed by atoms with Gasteiger partial charge >= 0.3 is 12.2 Å². The predicted molar refractivity (Wildman–Crippen MR) is 57.9 cm³/mol. The number of carbonyl (C=O) groups excluding carboxylic acids is 1. The maximum Gasteiger partial charge on any atom is 0.416 e. The molecule has 1 aromatic rings. The zero-order valence-electron chi connectivity index (χ0n) is 9.57. The molecule has 0 aromatic heterocycles. The van der Waals surface area contributed by atoms with Gasteiger partial charge in [-0.05, 0) is 18.2 Å². The number of amides is 2. The van der Waals surface area contributed by atoms with Crippen LogP contribution in [0.5, 0.6) is 0 Å². The zero-order chi connectivity index (χ0) is 13.3. The third-order valence-electron chi connectivity index (χ3n) is 2.68. The maximum atomic E-state index is 12.6. The van der Waals surface area contributed by atoms with Gasteiger partial charge in [0.2, 0.25) is 0 Å². The van der Waals surface area contributed by atoms with Crippen molar-refractivity contribution in [2.75, 3.05) is 25.1 Å². The Kier molecular flexibility index (Phi) is 3.16. The molecule has 1 heterocycles. The number of alkyl halides is 3. The zero-order valence-corrected chi connectivity index (χ0v) is 9.57. The van der Waals surface area contributed by atoms with Gasteiger partial charge in [-0.1, -0.05) is 6.07 Å². The highest BCUT2D eigenvalue weighted by Gasteiger charge is 2.33. The lowest BCUT2D eigenvalue weighted by Gasteiger charge is -2.18. The molecule has 18 heavy (non-hydrogen) atoms. The minimum atomic E-state index is -4.42. The Bertz CT molecular complexity index is 462. The molecule has 0 spiro atoms.